The minimum absolute atomic E-state index is 0.0841. The second-order valence-electron chi connectivity index (χ2n) is 7.16. The lowest BCUT2D eigenvalue weighted by Crippen LogP contribution is -2.41. The van der Waals surface area contributed by atoms with Crippen molar-refractivity contribution in [1.82, 2.24) is 15.3 Å². The van der Waals surface area contributed by atoms with E-state index in [1.807, 2.05) is 17.3 Å². The highest BCUT2D eigenvalue weighted by Gasteiger charge is 2.38. The minimum atomic E-state index is -4.46. The molecule has 1 atom stereocenters. The third-order valence-electron chi connectivity index (χ3n) is 5.07. The number of pyridine rings is 2. The summed E-state index contributed by atoms with van der Waals surface area (Å²) in [4.78, 5) is 34.0. The number of hydrogen-bond donors (Lipinski definition) is 2. The number of alkyl halides is 3. The van der Waals surface area contributed by atoms with Crippen LogP contribution in [0.15, 0.2) is 30.5 Å². The average Bonchev–Trinajstić information content (AvgIpc) is 3.22. The molecule has 0 radical (unpaired) electrons. The fourth-order valence-corrected chi connectivity index (χ4v) is 3.53. The molecule has 0 aromatic carbocycles. The number of nitrogens with one attached hydrogen (secondary N) is 2. The zero-order valence-corrected chi connectivity index (χ0v) is 17.5. The number of likely N-dealkylation sites (N-methyl/N-ethyl adjacent to an activating group) is 1. The lowest BCUT2D eigenvalue weighted by atomic mass is 10.1. The van der Waals surface area contributed by atoms with Crippen molar-refractivity contribution < 1.29 is 27.5 Å². The van der Waals surface area contributed by atoms with Gasteiger partial charge in [-0.2, -0.15) is 13.2 Å². The van der Waals surface area contributed by atoms with Crippen molar-refractivity contribution in [3.8, 4) is 5.75 Å². The molecular weight excluding hydrogens is 429 g/mol. The number of nitrogens with zero attached hydrogens (tertiary/aromatic N) is 4. The highest BCUT2D eigenvalue weighted by Crippen LogP contribution is 2.44. The van der Waals surface area contributed by atoms with Gasteiger partial charge in [-0.05, 0) is 18.6 Å². The molecular formula is C20H23F3N6O3. The Morgan fingerprint density at radius 1 is 1.38 bits per heavy atom. The molecule has 12 heteroatoms. The van der Waals surface area contributed by atoms with Crippen LogP contribution in [0.3, 0.4) is 0 Å². The number of halogens is 3. The topological polar surface area (TPSA) is 99.7 Å². The van der Waals surface area contributed by atoms with Crippen molar-refractivity contribution in [2.45, 2.75) is 18.6 Å². The fourth-order valence-electron chi connectivity index (χ4n) is 3.53. The van der Waals surface area contributed by atoms with Crippen LogP contribution in [0.2, 0.25) is 0 Å². The first kappa shape index (κ1) is 23.1. The number of aromatic nitrogens is 2. The van der Waals surface area contributed by atoms with Crippen molar-refractivity contribution in [1.29, 1.82) is 0 Å². The molecule has 2 aromatic heterocycles. The van der Waals surface area contributed by atoms with Crippen LogP contribution in [0.25, 0.3) is 0 Å². The Bertz CT molecular complexity index is 958. The monoisotopic (exact) mass is 452 g/mol. The van der Waals surface area contributed by atoms with Gasteiger partial charge in [0.25, 0.3) is 5.91 Å². The molecule has 32 heavy (non-hydrogen) atoms. The lowest BCUT2D eigenvalue weighted by Gasteiger charge is -2.35. The molecule has 0 saturated carbocycles. The number of ether oxygens (including phenoxy) is 1. The fraction of sp³-hybridized carbons (Fsp3) is 0.400. The molecule has 0 aliphatic carbocycles. The summed E-state index contributed by atoms with van der Waals surface area (Å²) in [7, 11) is 3.34. The molecule has 2 aromatic rings. The third-order valence-corrected chi connectivity index (χ3v) is 5.07. The first-order valence-electron chi connectivity index (χ1n) is 9.76. The van der Waals surface area contributed by atoms with E-state index in [0.29, 0.717) is 23.8 Å². The summed E-state index contributed by atoms with van der Waals surface area (Å²) in [6.07, 6.45) is -1.28. The highest BCUT2D eigenvalue weighted by atomic mass is 19.4. The van der Waals surface area contributed by atoms with Gasteiger partial charge in [-0.1, -0.05) is 6.07 Å². The van der Waals surface area contributed by atoms with Crippen molar-refractivity contribution in [3.05, 3.63) is 36.2 Å². The maximum atomic E-state index is 12.2. The molecule has 2 N–H and O–H groups in total. The van der Waals surface area contributed by atoms with Crippen molar-refractivity contribution in [2.24, 2.45) is 0 Å². The Morgan fingerprint density at radius 2 is 2.16 bits per heavy atom. The van der Waals surface area contributed by atoms with E-state index in [2.05, 4.69) is 20.2 Å². The van der Waals surface area contributed by atoms with E-state index >= 15 is 0 Å². The minimum Gasteiger partial charge on any atom is -0.494 e. The predicted octanol–water partition coefficient (Wildman–Crippen LogP) is 2.06. The van der Waals surface area contributed by atoms with Crippen LogP contribution in [0, 0.1) is 0 Å². The molecule has 4 heterocycles. The molecule has 0 spiro atoms. The summed E-state index contributed by atoms with van der Waals surface area (Å²) in [5.74, 6) is 0.715. The van der Waals surface area contributed by atoms with Gasteiger partial charge in [0.05, 0.1) is 7.11 Å². The highest BCUT2D eigenvalue weighted by molar-refractivity contribution is 5.95. The zero-order valence-electron chi connectivity index (χ0n) is 17.5. The number of methoxy groups -OCH3 is 1. The van der Waals surface area contributed by atoms with E-state index in [9.17, 15) is 22.8 Å². The summed E-state index contributed by atoms with van der Waals surface area (Å²) in [6.45, 7) is 0.318. The normalized spacial score (nSPS) is 16.5. The number of fused-ring (bicyclic) bond motifs is 4. The first-order valence-corrected chi connectivity index (χ1v) is 9.76. The van der Waals surface area contributed by atoms with Crippen LogP contribution in [0.1, 0.15) is 16.9 Å². The van der Waals surface area contributed by atoms with Crippen molar-refractivity contribution >= 4 is 29.6 Å². The second kappa shape index (κ2) is 9.71. The summed E-state index contributed by atoms with van der Waals surface area (Å²) < 4.78 is 42.1. The van der Waals surface area contributed by atoms with E-state index in [1.165, 1.54) is 13.2 Å². The largest absolute Gasteiger partial charge is 0.494 e. The van der Waals surface area contributed by atoms with Crippen LogP contribution in [-0.2, 0) is 4.79 Å². The standard InChI is InChI=1S/C14H17F3N4O2.C6H6N2O/c1-20-8-3-4-21(6-8)11-10(23-2)5-9(19-12(11)20)13(22)18-7-14(15,16)17;9-5-8-6-3-1-2-4-7-6/h5,8H,3-4,6-7H2,1-2H3,(H,18,22);1-5H,(H,7,8,9)/t8-;/m0./s1. The number of rotatable bonds is 5. The van der Waals surface area contributed by atoms with Gasteiger partial charge < -0.3 is 25.2 Å². The number of carbonyl (C=O) groups excluding carboxylic acids is 2. The summed E-state index contributed by atoms with van der Waals surface area (Å²) in [5, 5.41) is 4.25. The molecule has 172 valence electrons. The molecule has 9 nitrogen and oxygen atoms in total. The molecule has 2 amide bonds. The quantitative estimate of drug-likeness (QED) is 0.670. The second-order valence-corrected chi connectivity index (χ2v) is 7.16. The number of hydrogen-bond acceptors (Lipinski definition) is 7. The summed E-state index contributed by atoms with van der Waals surface area (Å²) >= 11 is 0. The van der Waals surface area contributed by atoms with Gasteiger partial charge in [0.1, 0.15) is 29.5 Å². The van der Waals surface area contributed by atoms with Gasteiger partial charge in [0.15, 0.2) is 5.82 Å². The Hall–Kier alpha value is -3.57. The maximum absolute atomic E-state index is 12.2. The Morgan fingerprint density at radius 3 is 2.78 bits per heavy atom. The van der Waals surface area contributed by atoms with Crippen LogP contribution in [0.4, 0.5) is 30.5 Å². The van der Waals surface area contributed by atoms with Gasteiger partial charge in [-0.3, -0.25) is 9.59 Å². The first-order chi connectivity index (χ1) is 15.2. The van der Waals surface area contributed by atoms with Crippen LogP contribution < -0.4 is 25.2 Å². The van der Waals surface area contributed by atoms with Crippen molar-refractivity contribution in [2.75, 3.05) is 48.9 Å². The smallest absolute Gasteiger partial charge is 0.405 e. The Labute approximate surface area is 182 Å². The summed E-state index contributed by atoms with van der Waals surface area (Å²) in [5.41, 5.74) is 0.704. The van der Waals surface area contributed by atoms with E-state index in [4.69, 9.17) is 4.74 Å². The van der Waals surface area contributed by atoms with Crippen molar-refractivity contribution in [3.63, 3.8) is 0 Å². The van der Waals surface area contributed by atoms with Crippen LogP contribution >= 0.6 is 0 Å². The molecule has 4 rings (SSSR count). The zero-order chi connectivity index (χ0) is 23.3. The van der Waals surface area contributed by atoms with Gasteiger partial charge >= 0.3 is 6.18 Å². The molecule has 1 fully saturated rings. The Kier molecular flexibility index (Phi) is 7.01. The number of amides is 2. The van der Waals surface area contributed by atoms with Gasteiger partial charge in [0.2, 0.25) is 6.41 Å². The molecule has 1 saturated heterocycles. The predicted molar refractivity (Wildman–Crippen MR) is 112 cm³/mol. The van der Waals surface area contributed by atoms with Crippen LogP contribution in [-0.4, -0.2) is 68.3 Å². The van der Waals surface area contributed by atoms with E-state index in [0.717, 1.165) is 25.2 Å². The molecule has 2 bridgehead atoms. The number of anilines is 3. The molecule has 2 aliphatic heterocycles. The van der Waals surface area contributed by atoms with Gasteiger partial charge in [-0.25, -0.2) is 9.97 Å². The van der Waals surface area contributed by atoms with Gasteiger partial charge in [0, 0.05) is 38.4 Å². The van der Waals surface area contributed by atoms with E-state index in [1.54, 1.807) is 24.4 Å². The van der Waals surface area contributed by atoms with Gasteiger partial charge in [-0.15, -0.1) is 0 Å². The lowest BCUT2D eigenvalue weighted by molar-refractivity contribution is -0.123. The number of carbonyl (C=O) groups is 2. The third kappa shape index (κ3) is 5.37. The SMILES string of the molecule is COc1cc(C(=O)NCC(F)(F)F)nc2c1N1CC[C@@H](C1)N2C.O=CNc1ccccn1. The Balaban J connectivity index is 0.000000269. The average molecular weight is 452 g/mol. The maximum Gasteiger partial charge on any atom is 0.405 e. The van der Waals surface area contributed by atoms with E-state index in [-0.39, 0.29) is 11.7 Å². The van der Waals surface area contributed by atoms with E-state index < -0.39 is 18.6 Å². The summed E-state index contributed by atoms with van der Waals surface area (Å²) in [6, 6.07) is 6.98. The van der Waals surface area contributed by atoms with Crippen LogP contribution in [0.5, 0.6) is 5.75 Å². The molecule has 2 aliphatic rings. The molecule has 0 unspecified atom stereocenters.